The summed E-state index contributed by atoms with van der Waals surface area (Å²) in [5.74, 6) is -1.07. The molecule has 1 saturated carbocycles. The lowest BCUT2D eigenvalue weighted by atomic mass is 10.2. The van der Waals surface area contributed by atoms with Crippen LogP contribution in [0, 0.1) is 11.6 Å². The van der Waals surface area contributed by atoms with E-state index in [9.17, 15) is 8.78 Å². The van der Waals surface area contributed by atoms with Gasteiger partial charge in [-0.25, -0.2) is 8.78 Å². The third-order valence-electron chi connectivity index (χ3n) is 2.96. The standard InChI is InChI=1S/C12H15F2NO/c1-16-12-7-9(13)11(6-10(12)14)15-8-4-2-3-5-8/h6-8,15H,2-5H2,1H3. The van der Waals surface area contributed by atoms with Crippen molar-refractivity contribution in [3.05, 3.63) is 23.8 Å². The minimum atomic E-state index is -0.538. The predicted molar refractivity (Wildman–Crippen MR) is 58.8 cm³/mol. The maximum atomic E-state index is 13.6. The smallest absolute Gasteiger partial charge is 0.167 e. The molecule has 1 fully saturated rings. The van der Waals surface area contributed by atoms with Crippen molar-refractivity contribution in [2.75, 3.05) is 12.4 Å². The Bertz CT molecular complexity index is 376. The first-order valence-corrected chi connectivity index (χ1v) is 5.50. The van der Waals surface area contributed by atoms with E-state index in [0.29, 0.717) is 0 Å². The van der Waals surface area contributed by atoms with Crippen LogP contribution in [-0.4, -0.2) is 13.2 Å². The maximum absolute atomic E-state index is 13.6. The van der Waals surface area contributed by atoms with Crippen LogP contribution in [0.25, 0.3) is 0 Å². The molecule has 4 heteroatoms. The SMILES string of the molecule is COc1cc(F)c(NC2CCCC2)cc1F. The molecular formula is C12H15F2NO. The lowest BCUT2D eigenvalue weighted by Gasteiger charge is -2.15. The quantitative estimate of drug-likeness (QED) is 0.855. The fraction of sp³-hybridized carbons (Fsp3) is 0.500. The van der Waals surface area contributed by atoms with Crippen molar-refractivity contribution in [2.45, 2.75) is 31.7 Å². The normalized spacial score (nSPS) is 16.4. The molecule has 2 rings (SSSR count). The van der Waals surface area contributed by atoms with Crippen molar-refractivity contribution in [3.8, 4) is 5.75 Å². The first-order chi connectivity index (χ1) is 7.70. The first kappa shape index (κ1) is 11.2. The first-order valence-electron chi connectivity index (χ1n) is 5.50. The molecule has 0 aliphatic heterocycles. The summed E-state index contributed by atoms with van der Waals surface area (Å²) in [7, 11) is 1.32. The van der Waals surface area contributed by atoms with Gasteiger partial charge in [0.15, 0.2) is 11.6 Å². The van der Waals surface area contributed by atoms with Crippen LogP contribution in [-0.2, 0) is 0 Å². The highest BCUT2D eigenvalue weighted by Crippen LogP contribution is 2.28. The largest absolute Gasteiger partial charge is 0.494 e. The van der Waals surface area contributed by atoms with E-state index in [2.05, 4.69) is 5.32 Å². The van der Waals surface area contributed by atoms with E-state index < -0.39 is 11.6 Å². The van der Waals surface area contributed by atoms with Crippen molar-refractivity contribution >= 4 is 5.69 Å². The molecule has 0 unspecified atom stereocenters. The van der Waals surface area contributed by atoms with Crippen LogP contribution in [0.1, 0.15) is 25.7 Å². The number of halogens is 2. The monoisotopic (exact) mass is 227 g/mol. The van der Waals surface area contributed by atoms with Gasteiger partial charge in [-0.05, 0) is 12.8 Å². The van der Waals surface area contributed by atoms with Crippen LogP contribution in [0.3, 0.4) is 0 Å². The van der Waals surface area contributed by atoms with E-state index in [1.165, 1.54) is 7.11 Å². The van der Waals surface area contributed by atoms with Gasteiger partial charge in [-0.3, -0.25) is 0 Å². The Balaban J connectivity index is 2.17. The van der Waals surface area contributed by atoms with Crippen molar-refractivity contribution in [2.24, 2.45) is 0 Å². The Kier molecular flexibility index (Phi) is 3.27. The second kappa shape index (κ2) is 4.68. The molecule has 1 aromatic carbocycles. The minimum absolute atomic E-state index is 0.0607. The number of nitrogens with one attached hydrogen (secondary N) is 1. The Morgan fingerprint density at radius 1 is 1.19 bits per heavy atom. The van der Waals surface area contributed by atoms with Crippen LogP contribution in [0.2, 0.25) is 0 Å². The second-order valence-corrected chi connectivity index (χ2v) is 4.09. The van der Waals surface area contributed by atoms with Crippen LogP contribution < -0.4 is 10.1 Å². The van der Waals surface area contributed by atoms with Gasteiger partial charge in [0.1, 0.15) is 5.82 Å². The number of anilines is 1. The molecule has 0 radical (unpaired) electrons. The average molecular weight is 227 g/mol. The minimum Gasteiger partial charge on any atom is -0.494 e. The van der Waals surface area contributed by atoms with Gasteiger partial charge in [-0.2, -0.15) is 0 Å². The molecule has 0 atom stereocenters. The zero-order valence-corrected chi connectivity index (χ0v) is 9.22. The molecule has 0 aromatic heterocycles. The molecular weight excluding hydrogens is 212 g/mol. The highest BCUT2D eigenvalue weighted by Gasteiger charge is 2.17. The highest BCUT2D eigenvalue weighted by atomic mass is 19.1. The van der Waals surface area contributed by atoms with Gasteiger partial charge in [0, 0.05) is 18.2 Å². The topological polar surface area (TPSA) is 21.3 Å². The zero-order valence-electron chi connectivity index (χ0n) is 9.22. The van der Waals surface area contributed by atoms with Gasteiger partial charge in [0.05, 0.1) is 12.8 Å². The molecule has 88 valence electrons. The van der Waals surface area contributed by atoms with Gasteiger partial charge >= 0.3 is 0 Å². The van der Waals surface area contributed by atoms with Gasteiger partial charge in [0.2, 0.25) is 0 Å². The molecule has 2 nitrogen and oxygen atoms in total. The van der Waals surface area contributed by atoms with E-state index in [0.717, 1.165) is 37.8 Å². The van der Waals surface area contributed by atoms with E-state index >= 15 is 0 Å². The van der Waals surface area contributed by atoms with Crippen LogP contribution in [0.5, 0.6) is 5.75 Å². The fourth-order valence-corrected chi connectivity index (χ4v) is 2.09. The van der Waals surface area contributed by atoms with Crippen LogP contribution >= 0.6 is 0 Å². The number of hydrogen-bond acceptors (Lipinski definition) is 2. The van der Waals surface area contributed by atoms with E-state index in [4.69, 9.17) is 4.74 Å². The number of benzene rings is 1. The number of rotatable bonds is 3. The summed E-state index contributed by atoms with van der Waals surface area (Å²) in [6.07, 6.45) is 4.34. The summed E-state index contributed by atoms with van der Waals surface area (Å²) in [5.41, 5.74) is 0.227. The Morgan fingerprint density at radius 2 is 1.88 bits per heavy atom. The Morgan fingerprint density at radius 3 is 2.50 bits per heavy atom. The summed E-state index contributed by atoms with van der Waals surface area (Å²) in [6, 6.07) is 2.50. The van der Waals surface area contributed by atoms with Crippen molar-refractivity contribution in [1.29, 1.82) is 0 Å². The molecule has 0 saturated heterocycles. The van der Waals surface area contributed by atoms with Gasteiger partial charge in [-0.15, -0.1) is 0 Å². The second-order valence-electron chi connectivity index (χ2n) is 4.09. The summed E-state index contributed by atoms with van der Waals surface area (Å²) in [6.45, 7) is 0. The summed E-state index contributed by atoms with van der Waals surface area (Å²) in [5, 5.41) is 3.03. The zero-order chi connectivity index (χ0) is 11.5. The van der Waals surface area contributed by atoms with Gasteiger partial charge < -0.3 is 10.1 Å². The van der Waals surface area contributed by atoms with Gasteiger partial charge in [-0.1, -0.05) is 12.8 Å². The van der Waals surface area contributed by atoms with Crippen molar-refractivity contribution in [1.82, 2.24) is 0 Å². The Hall–Kier alpha value is -1.32. The van der Waals surface area contributed by atoms with E-state index in [1.54, 1.807) is 0 Å². The van der Waals surface area contributed by atoms with E-state index in [-0.39, 0.29) is 17.5 Å². The van der Waals surface area contributed by atoms with Crippen molar-refractivity contribution in [3.63, 3.8) is 0 Å². The molecule has 0 amide bonds. The van der Waals surface area contributed by atoms with Crippen molar-refractivity contribution < 1.29 is 13.5 Å². The summed E-state index contributed by atoms with van der Waals surface area (Å²) < 4.78 is 31.6. The highest BCUT2D eigenvalue weighted by molar-refractivity contribution is 5.49. The van der Waals surface area contributed by atoms with Crippen LogP contribution in [0.15, 0.2) is 12.1 Å². The summed E-state index contributed by atoms with van der Waals surface area (Å²) in [4.78, 5) is 0. The van der Waals surface area contributed by atoms with Gasteiger partial charge in [0.25, 0.3) is 0 Å². The lowest BCUT2D eigenvalue weighted by molar-refractivity contribution is 0.383. The lowest BCUT2D eigenvalue weighted by Crippen LogP contribution is -2.15. The maximum Gasteiger partial charge on any atom is 0.167 e. The third kappa shape index (κ3) is 2.26. The average Bonchev–Trinajstić information content (AvgIpc) is 2.75. The number of hydrogen-bond donors (Lipinski definition) is 1. The molecule has 1 aliphatic carbocycles. The molecule has 1 N–H and O–H groups in total. The predicted octanol–water partition coefficient (Wildman–Crippen LogP) is 3.33. The molecule has 0 bridgehead atoms. The molecule has 1 aliphatic rings. The molecule has 0 heterocycles. The number of methoxy groups -OCH3 is 1. The molecule has 16 heavy (non-hydrogen) atoms. The third-order valence-corrected chi connectivity index (χ3v) is 2.96. The Labute approximate surface area is 93.6 Å². The summed E-state index contributed by atoms with van der Waals surface area (Å²) >= 11 is 0. The number of ether oxygens (including phenoxy) is 1. The molecule has 0 spiro atoms. The van der Waals surface area contributed by atoms with E-state index in [1.807, 2.05) is 0 Å². The molecule has 1 aromatic rings. The van der Waals surface area contributed by atoms with Crippen LogP contribution in [0.4, 0.5) is 14.5 Å². The fourth-order valence-electron chi connectivity index (χ4n) is 2.09.